The number of piperidine rings is 1. The molecule has 1 heterocycles. The third-order valence-electron chi connectivity index (χ3n) is 2.74. The van der Waals surface area contributed by atoms with Crippen LogP contribution in [0.1, 0.15) is 33.6 Å². The molecular weight excluding hydrogens is 327 g/mol. The van der Waals surface area contributed by atoms with Crippen LogP contribution in [0.15, 0.2) is 4.99 Å². The molecule has 0 aromatic carbocycles. The minimum absolute atomic E-state index is 0. The zero-order chi connectivity index (χ0) is 12.2. The van der Waals surface area contributed by atoms with Crippen molar-refractivity contribution in [3.8, 4) is 0 Å². The van der Waals surface area contributed by atoms with Gasteiger partial charge in [0, 0.05) is 18.6 Å². The van der Waals surface area contributed by atoms with Gasteiger partial charge in [-0.1, -0.05) is 0 Å². The highest BCUT2D eigenvalue weighted by molar-refractivity contribution is 14.0. The van der Waals surface area contributed by atoms with E-state index in [1.54, 1.807) is 0 Å². The number of halogens is 1. The van der Waals surface area contributed by atoms with Crippen molar-refractivity contribution in [2.24, 2.45) is 16.6 Å². The van der Waals surface area contributed by atoms with Crippen LogP contribution in [-0.4, -0.2) is 43.1 Å². The van der Waals surface area contributed by atoms with E-state index >= 15 is 0 Å². The minimum atomic E-state index is -0.00304. The van der Waals surface area contributed by atoms with Gasteiger partial charge >= 0.3 is 0 Å². The van der Waals surface area contributed by atoms with Gasteiger partial charge in [-0.3, -0.25) is 4.99 Å². The van der Waals surface area contributed by atoms with Gasteiger partial charge < -0.3 is 16.0 Å². The summed E-state index contributed by atoms with van der Waals surface area (Å²) in [6.45, 7) is 9.47. The molecule has 1 unspecified atom stereocenters. The van der Waals surface area contributed by atoms with Gasteiger partial charge in [0.05, 0.1) is 0 Å². The predicted octanol–water partition coefficient (Wildman–Crippen LogP) is 1.65. The zero-order valence-electron chi connectivity index (χ0n) is 11.5. The molecule has 17 heavy (non-hydrogen) atoms. The van der Waals surface area contributed by atoms with E-state index in [0.29, 0.717) is 11.9 Å². The number of nitrogens with one attached hydrogen (secondary N) is 1. The van der Waals surface area contributed by atoms with E-state index in [4.69, 9.17) is 5.73 Å². The number of aliphatic imine (C=N–C) groups is 1. The van der Waals surface area contributed by atoms with Crippen LogP contribution in [-0.2, 0) is 0 Å². The zero-order valence-corrected chi connectivity index (χ0v) is 13.8. The molecule has 102 valence electrons. The molecule has 4 nitrogen and oxygen atoms in total. The van der Waals surface area contributed by atoms with Gasteiger partial charge in [-0.15, -0.1) is 24.0 Å². The summed E-state index contributed by atoms with van der Waals surface area (Å²) in [4.78, 5) is 6.80. The Balaban J connectivity index is 0.00000256. The first-order valence-electron chi connectivity index (χ1n) is 6.13. The Morgan fingerprint density at radius 3 is 2.65 bits per heavy atom. The lowest BCUT2D eigenvalue weighted by Gasteiger charge is -2.29. The van der Waals surface area contributed by atoms with Crippen LogP contribution in [0.25, 0.3) is 0 Å². The molecular formula is C12H27IN4. The average molecular weight is 354 g/mol. The summed E-state index contributed by atoms with van der Waals surface area (Å²) in [6, 6.07) is 0. The quantitative estimate of drug-likeness (QED) is 0.450. The molecule has 1 fully saturated rings. The van der Waals surface area contributed by atoms with E-state index in [2.05, 4.69) is 43.0 Å². The number of rotatable bonds is 2. The molecule has 0 aliphatic carbocycles. The van der Waals surface area contributed by atoms with Crippen LogP contribution in [0.5, 0.6) is 0 Å². The minimum Gasteiger partial charge on any atom is -0.370 e. The third-order valence-corrected chi connectivity index (χ3v) is 2.74. The largest absolute Gasteiger partial charge is 0.370 e. The van der Waals surface area contributed by atoms with E-state index in [9.17, 15) is 0 Å². The van der Waals surface area contributed by atoms with E-state index in [0.717, 1.165) is 13.1 Å². The van der Waals surface area contributed by atoms with Crippen molar-refractivity contribution in [2.75, 3.05) is 26.7 Å². The average Bonchev–Trinajstić information content (AvgIpc) is 2.12. The molecule has 0 bridgehead atoms. The van der Waals surface area contributed by atoms with Crippen LogP contribution in [0.3, 0.4) is 0 Å². The smallest absolute Gasteiger partial charge is 0.188 e. The Kier molecular flexibility index (Phi) is 7.39. The fourth-order valence-electron chi connectivity index (χ4n) is 2.07. The Bertz CT molecular complexity index is 247. The second kappa shape index (κ2) is 7.41. The van der Waals surface area contributed by atoms with Crippen molar-refractivity contribution in [1.82, 2.24) is 10.2 Å². The molecule has 0 aromatic heterocycles. The van der Waals surface area contributed by atoms with Gasteiger partial charge in [0.2, 0.25) is 0 Å². The van der Waals surface area contributed by atoms with Crippen molar-refractivity contribution >= 4 is 29.9 Å². The fourth-order valence-corrected chi connectivity index (χ4v) is 2.07. The molecule has 0 saturated carbocycles. The van der Waals surface area contributed by atoms with Gasteiger partial charge in [0.15, 0.2) is 5.96 Å². The van der Waals surface area contributed by atoms with Crippen LogP contribution < -0.4 is 11.1 Å². The van der Waals surface area contributed by atoms with Gasteiger partial charge in [-0.2, -0.15) is 0 Å². The van der Waals surface area contributed by atoms with Gasteiger partial charge in [0.25, 0.3) is 0 Å². The maximum Gasteiger partial charge on any atom is 0.188 e. The van der Waals surface area contributed by atoms with Crippen molar-refractivity contribution in [2.45, 2.75) is 39.2 Å². The highest BCUT2D eigenvalue weighted by atomic mass is 127. The second-order valence-corrected chi connectivity index (χ2v) is 5.87. The summed E-state index contributed by atoms with van der Waals surface area (Å²) >= 11 is 0. The number of nitrogens with zero attached hydrogens (tertiary/aromatic N) is 2. The van der Waals surface area contributed by atoms with Crippen LogP contribution in [0.2, 0.25) is 0 Å². The lowest BCUT2D eigenvalue weighted by atomic mass is 9.99. The van der Waals surface area contributed by atoms with Gasteiger partial charge in [-0.05, 0) is 53.1 Å². The molecule has 0 amide bonds. The lowest BCUT2D eigenvalue weighted by molar-refractivity contribution is 0.214. The van der Waals surface area contributed by atoms with Crippen molar-refractivity contribution < 1.29 is 0 Å². The molecule has 3 N–H and O–H groups in total. The first kappa shape index (κ1) is 17.0. The Morgan fingerprint density at radius 2 is 2.12 bits per heavy atom. The first-order chi connectivity index (χ1) is 7.37. The molecule has 1 rings (SSSR count). The summed E-state index contributed by atoms with van der Waals surface area (Å²) in [5.41, 5.74) is 5.83. The van der Waals surface area contributed by atoms with Gasteiger partial charge in [-0.25, -0.2) is 0 Å². The topological polar surface area (TPSA) is 53.6 Å². The third kappa shape index (κ3) is 7.81. The van der Waals surface area contributed by atoms with Crippen molar-refractivity contribution in [3.05, 3.63) is 0 Å². The molecule has 0 radical (unpaired) electrons. The first-order valence-corrected chi connectivity index (χ1v) is 6.13. The molecule has 1 aliphatic rings. The number of nitrogens with two attached hydrogens (primary N) is 1. The molecule has 0 spiro atoms. The van der Waals surface area contributed by atoms with E-state index in [1.807, 2.05) is 0 Å². The Labute approximate surface area is 122 Å². The molecule has 1 atom stereocenters. The predicted molar refractivity (Wildman–Crippen MR) is 85.0 cm³/mol. The summed E-state index contributed by atoms with van der Waals surface area (Å²) in [5.74, 6) is 1.24. The van der Waals surface area contributed by atoms with Crippen LogP contribution >= 0.6 is 24.0 Å². The maximum atomic E-state index is 5.84. The van der Waals surface area contributed by atoms with Crippen molar-refractivity contribution in [3.63, 3.8) is 0 Å². The summed E-state index contributed by atoms with van der Waals surface area (Å²) < 4.78 is 0. The van der Waals surface area contributed by atoms with E-state index in [-0.39, 0.29) is 29.5 Å². The van der Waals surface area contributed by atoms with E-state index in [1.165, 1.54) is 19.4 Å². The highest BCUT2D eigenvalue weighted by Gasteiger charge is 2.17. The van der Waals surface area contributed by atoms with Crippen LogP contribution in [0.4, 0.5) is 0 Å². The summed E-state index contributed by atoms with van der Waals surface area (Å²) in [7, 11) is 2.17. The number of likely N-dealkylation sites (tertiary alicyclic amines) is 1. The standard InChI is InChI=1S/C12H26N4.HI/c1-12(2,3)15-11(13)14-8-10-6-5-7-16(4)9-10;/h10H,5-9H2,1-4H3,(H3,13,14,15);1H. The Morgan fingerprint density at radius 1 is 1.47 bits per heavy atom. The SMILES string of the molecule is CN1CCCC(CN=C(N)NC(C)(C)C)C1.I. The number of guanidine groups is 1. The Hall–Kier alpha value is -0.0400. The van der Waals surface area contributed by atoms with E-state index < -0.39 is 0 Å². The van der Waals surface area contributed by atoms with Gasteiger partial charge in [0.1, 0.15) is 0 Å². The van der Waals surface area contributed by atoms with Crippen LogP contribution in [0, 0.1) is 5.92 Å². The normalized spacial score (nSPS) is 23.1. The second-order valence-electron chi connectivity index (χ2n) is 5.87. The molecule has 0 aromatic rings. The number of hydrogen-bond donors (Lipinski definition) is 2. The monoisotopic (exact) mass is 354 g/mol. The highest BCUT2D eigenvalue weighted by Crippen LogP contribution is 2.14. The molecule has 5 heteroatoms. The van der Waals surface area contributed by atoms with Crippen molar-refractivity contribution in [1.29, 1.82) is 0 Å². The fraction of sp³-hybridized carbons (Fsp3) is 0.917. The molecule has 1 aliphatic heterocycles. The summed E-state index contributed by atoms with van der Waals surface area (Å²) in [6.07, 6.45) is 2.56. The molecule has 1 saturated heterocycles. The lowest BCUT2D eigenvalue weighted by Crippen LogP contribution is -2.45. The summed E-state index contributed by atoms with van der Waals surface area (Å²) in [5, 5.41) is 3.18. The maximum absolute atomic E-state index is 5.84. The number of hydrogen-bond acceptors (Lipinski definition) is 2.